The third kappa shape index (κ3) is 4.75. The molecule has 1 saturated heterocycles. The van der Waals surface area contributed by atoms with Crippen LogP contribution >= 0.6 is 0 Å². The Balaban J connectivity index is 1.89. The number of hydrogen-bond donors (Lipinski definition) is 1. The highest BCUT2D eigenvalue weighted by atomic mass is 15.2. The topological polar surface area (TPSA) is 15.3 Å². The number of piperidine rings is 1. The standard InChI is InChI=1S/C17H34N2/c1-4-9-19(13-16-7-5-6-8-18-16)17-11-14(2)10-15(3)12-17/h14-18H,4-13H2,1-3H3. The van der Waals surface area contributed by atoms with Gasteiger partial charge in [-0.05, 0) is 63.5 Å². The molecule has 2 aliphatic rings. The highest BCUT2D eigenvalue weighted by Gasteiger charge is 2.29. The minimum atomic E-state index is 0.757. The van der Waals surface area contributed by atoms with Gasteiger partial charge in [0.05, 0.1) is 0 Å². The zero-order valence-corrected chi connectivity index (χ0v) is 13.3. The summed E-state index contributed by atoms with van der Waals surface area (Å²) in [5, 5.41) is 3.73. The second-order valence-corrected chi connectivity index (χ2v) is 7.21. The first-order valence-electron chi connectivity index (χ1n) is 8.66. The molecule has 0 aromatic heterocycles. The monoisotopic (exact) mass is 266 g/mol. The Morgan fingerprint density at radius 3 is 2.37 bits per heavy atom. The summed E-state index contributed by atoms with van der Waals surface area (Å²) < 4.78 is 0. The summed E-state index contributed by atoms with van der Waals surface area (Å²) in [6, 6.07) is 1.61. The smallest absolute Gasteiger partial charge is 0.0195 e. The molecule has 2 nitrogen and oxygen atoms in total. The Hall–Kier alpha value is -0.0800. The van der Waals surface area contributed by atoms with Crippen molar-refractivity contribution in [3.8, 4) is 0 Å². The van der Waals surface area contributed by atoms with Gasteiger partial charge < -0.3 is 5.32 Å². The van der Waals surface area contributed by atoms with Crippen molar-refractivity contribution >= 4 is 0 Å². The lowest BCUT2D eigenvalue weighted by Gasteiger charge is -2.41. The van der Waals surface area contributed by atoms with Gasteiger partial charge in [-0.3, -0.25) is 4.90 Å². The Kier molecular flexibility index (Phi) is 6.15. The first-order valence-corrected chi connectivity index (χ1v) is 8.66. The maximum atomic E-state index is 3.73. The van der Waals surface area contributed by atoms with Crippen LogP contribution in [0.5, 0.6) is 0 Å². The van der Waals surface area contributed by atoms with Crippen LogP contribution in [0.15, 0.2) is 0 Å². The molecule has 0 spiro atoms. The minimum absolute atomic E-state index is 0.757. The van der Waals surface area contributed by atoms with E-state index in [2.05, 4.69) is 31.0 Å². The molecule has 0 aromatic rings. The van der Waals surface area contributed by atoms with Gasteiger partial charge in [0, 0.05) is 18.6 Å². The Labute approximate surface area is 120 Å². The zero-order chi connectivity index (χ0) is 13.7. The third-order valence-electron chi connectivity index (χ3n) is 5.05. The zero-order valence-electron chi connectivity index (χ0n) is 13.3. The fraction of sp³-hybridized carbons (Fsp3) is 1.00. The average molecular weight is 266 g/mol. The van der Waals surface area contributed by atoms with Crippen molar-refractivity contribution in [2.45, 2.75) is 77.8 Å². The van der Waals surface area contributed by atoms with Gasteiger partial charge in [-0.25, -0.2) is 0 Å². The van der Waals surface area contributed by atoms with Gasteiger partial charge in [0.15, 0.2) is 0 Å². The second kappa shape index (κ2) is 7.64. The normalized spacial score (nSPS) is 36.6. The molecular formula is C17H34N2. The molecule has 3 unspecified atom stereocenters. The van der Waals surface area contributed by atoms with Crippen molar-refractivity contribution in [1.82, 2.24) is 10.2 Å². The van der Waals surface area contributed by atoms with Crippen molar-refractivity contribution in [2.24, 2.45) is 11.8 Å². The molecule has 0 radical (unpaired) electrons. The van der Waals surface area contributed by atoms with Crippen LogP contribution in [0.3, 0.4) is 0 Å². The van der Waals surface area contributed by atoms with Crippen LogP contribution in [0.2, 0.25) is 0 Å². The summed E-state index contributed by atoms with van der Waals surface area (Å²) >= 11 is 0. The van der Waals surface area contributed by atoms with Crippen LogP contribution in [0.25, 0.3) is 0 Å². The maximum Gasteiger partial charge on any atom is 0.0195 e. The highest BCUT2D eigenvalue weighted by Crippen LogP contribution is 2.32. The van der Waals surface area contributed by atoms with Crippen LogP contribution in [0.1, 0.15) is 65.7 Å². The van der Waals surface area contributed by atoms with Crippen molar-refractivity contribution in [1.29, 1.82) is 0 Å². The van der Waals surface area contributed by atoms with Crippen molar-refractivity contribution in [3.63, 3.8) is 0 Å². The quantitative estimate of drug-likeness (QED) is 0.817. The van der Waals surface area contributed by atoms with Gasteiger partial charge in [-0.2, -0.15) is 0 Å². The number of nitrogens with one attached hydrogen (secondary N) is 1. The van der Waals surface area contributed by atoms with E-state index in [0.29, 0.717) is 0 Å². The molecule has 19 heavy (non-hydrogen) atoms. The molecule has 0 amide bonds. The van der Waals surface area contributed by atoms with Gasteiger partial charge in [0.25, 0.3) is 0 Å². The van der Waals surface area contributed by atoms with Crippen LogP contribution in [-0.4, -0.2) is 36.6 Å². The van der Waals surface area contributed by atoms with E-state index in [0.717, 1.165) is 23.9 Å². The number of nitrogens with zero attached hydrogens (tertiary/aromatic N) is 1. The number of hydrogen-bond acceptors (Lipinski definition) is 2. The summed E-state index contributed by atoms with van der Waals surface area (Å²) in [6.07, 6.45) is 9.78. The minimum Gasteiger partial charge on any atom is -0.313 e. The van der Waals surface area contributed by atoms with Gasteiger partial charge in [0.1, 0.15) is 0 Å². The molecule has 2 heteroatoms. The predicted molar refractivity (Wildman–Crippen MR) is 83.5 cm³/mol. The van der Waals surface area contributed by atoms with E-state index in [9.17, 15) is 0 Å². The molecular weight excluding hydrogens is 232 g/mol. The van der Waals surface area contributed by atoms with Gasteiger partial charge in [0.2, 0.25) is 0 Å². The van der Waals surface area contributed by atoms with Crippen LogP contribution in [-0.2, 0) is 0 Å². The van der Waals surface area contributed by atoms with Crippen LogP contribution < -0.4 is 5.32 Å². The number of rotatable bonds is 5. The molecule has 1 aliphatic heterocycles. The van der Waals surface area contributed by atoms with E-state index in [1.54, 1.807) is 0 Å². The lowest BCUT2D eigenvalue weighted by atomic mass is 9.79. The van der Waals surface area contributed by atoms with E-state index in [1.165, 1.54) is 64.6 Å². The van der Waals surface area contributed by atoms with E-state index >= 15 is 0 Å². The SMILES string of the molecule is CCCN(CC1CCCCN1)C1CC(C)CC(C)C1. The highest BCUT2D eigenvalue weighted by molar-refractivity contribution is 4.85. The Morgan fingerprint density at radius 1 is 1.05 bits per heavy atom. The van der Waals surface area contributed by atoms with Crippen molar-refractivity contribution < 1.29 is 0 Å². The fourth-order valence-electron chi connectivity index (χ4n) is 4.28. The molecule has 3 atom stereocenters. The van der Waals surface area contributed by atoms with Gasteiger partial charge in [-0.1, -0.05) is 27.2 Å². The lowest BCUT2D eigenvalue weighted by Crippen LogP contribution is -2.49. The van der Waals surface area contributed by atoms with Crippen LogP contribution in [0, 0.1) is 11.8 Å². The summed E-state index contributed by atoms with van der Waals surface area (Å²) in [5.41, 5.74) is 0. The van der Waals surface area contributed by atoms with Gasteiger partial charge in [-0.15, -0.1) is 0 Å². The third-order valence-corrected chi connectivity index (χ3v) is 5.05. The summed E-state index contributed by atoms with van der Waals surface area (Å²) in [4.78, 5) is 2.81. The molecule has 0 bridgehead atoms. The molecule has 1 saturated carbocycles. The molecule has 0 aromatic carbocycles. The van der Waals surface area contributed by atoms with Crippen LogP contribution in [0.4, 0.5) is 0 Å². The lowest BCUT2D eigenvalue weighted by molar-refractivity contribution is 0.0954. The maximum absolute atomic E-state index is 3.73. The largest absolute Gasteiger partial charge is 0.313 e. The molecule has 1 N–H and O–H groups in total. The van der Waals surface area contributed by atoms with E-state index < -0.39 is 0 Å². The molecule has 112 valence electrons. The summed E-state index contributed by atoms with van der Waals surface area (Å²) in [7, 11) is 0. The first-order chi connectivity index (χ1) is 9.19. The van der Waals surface area contributed by atoms with E-state index in [1.807, 2.05) is 0 Å². The van der Waals surface area contributed by atoms with E-state index in [-0.39, 0.29) is 0 Å². The molecule has 2 rings (SSSR count). The van der Waals surface area contributed by atoms with Crippen molar-refractivity contribution in [3.05, 3.63) is 0 Å². The molecule has 2 fully saturated rings. The summed E-state index contributed by atoms with van der Waals surface area (Å²) in [5.74, 6) is 1.85. The van der Waals surface area contributed by atoms with Gasteiger partial charge >= 0.3 is 0 Å². The van der Waals surface area contributed by atoms with E-state index in [4.69, 9.17) is 0 Å². The predicted octanol–water partition coefficient (Wildman–Crippen LogP) is 3.67. The Morgan fingerprint density at radius 2 is 1.79 bits per heavy atom. The molecule has 1 heterocycles. The summed E-state index contributed by atoms with van der Waals surface area (Å²) in [6.45, 7) is 11.1. The second-order valence-electron chi connectivity index (χ2n) is 7.21. The Bertz CT molecular complexity index is 238. The molecule has 1 aliphatic carbocycles. The average Bonchev–Trinajstić information content (AvgIpc) is 2.38. The fourth-order valence-corrected chi connectivity index (χ4v) is 4.28. The first kappa shape index (κ1) is 15.3. The van der Waals surface area contributed by atoms with Crippen molar-refractivity contribution in [2.75, 3.05) is 19.6 Å².